The molecule has 2 fully saturated rings. The molecule has 0 saturated heterocycles. The molecular formula is C14H15F3N4O. The summed E-state index contributed by atoms with van der Waals surface area (Å²) in [5.74, 6) is 0.446. The minimum atomic E-state index is -4.59. The molecule has 8 heteroatoms. The van der Waals surface area contributed by atoms with Crippen LogP contribution in [0.3, 0.4) is 0 Å². The summed E-state index contributed by atoms with van der Waals surface area (Å²) in [4.78, 5) is 0. The van der Waals surface area contributed by atoms with Crippen LogP contribution in [0.5, 0.6) is 5.88 Å². The third kappa shape index (κ3) is 2.40. The quantitative estimate of drug-likeness (QED) is 0.855. The minimum absolute atomic E-state index is 0.0435. The van der Waals surface area contributed by atoms with Crippen molar-refractivity contribution in [3.05, 3.63) is 18.0 Å². The highest BCUT2D eigenvalue weighted by atomic mass is 19.4. The second-order valence-corrected chi connectivity index (χ2v) is 6.22. The van der Waals surface area contributed by atoms with E-state index in [-0.39, 0.29) is 17.6 Å². The molecule has 0 N–H and O–H groups in total. The number of nitrogens with zero attached hydrogens (tertiary/aromatic N) is 4. The molecular weight excluding hydrogens is 297 g/mol. The maximum Gasteiger partial charge on any atom is 0.453 e. The zero-order valence-corrected chi connectivity index (χ0v) is 11.8. The number of ether oxygens (including phenoxy) is 1. The summed E-state index contributed by atoms with van der Waals surface area (Å²) in [5.41, 5.74) is 0.0587. The maximum absolute atomic E-state index is 12.8. The van der Waals surface area contributed by atoms with Crippen molar-refractivity contribution in [1.29, 1.82) is 0 Å². The first-order valence-corrected chi connectivity index (χ1v) is 7.45. The third-order valence-electron chi connectivity index (χ3n) is 4.62. The van der Waals surface area contributed by atoms with Crippen molar-refractivity contribution >= 4 is 5.65 Å². The Hall–Kier alpha value is -1.86. The molecule has 22 heavy (non-hydrogen) atoms. The van der Waals surface area contributed by atoms with Crippen molar-refractivity contribution in [2.45, 2.75) is 44.4 Å². The van der Waals surface area contributed by atoms with Crippen LogP contribution in [-0.4, -0.2) is 25.9 Å². The van der Waals surface area contributed by atoms with E-state index in [0.29, 0.717) is 16.4 Å². The highest BCUT2D eigenvalue weighted by molar-refractivity contribution is 5.37. The first kappa shape index (κ1) is 13.8. The molecule has 0 amide bonds. The Morgan fingerprint density at radius 1 is 1.05 bits per heavy atom. The second kappa shape index (κ2) is 4.82. The molecule has 118 valence electrons. The van der Waals surface area contributed by atoms with Crippen LogP contribution in [0.15, 0.2) is 12.1 Å². The molecule has 0 spiro atoms. The van der Waals surface area contributed by atoms with Crippen LogP contribution in [0.4, 0.5) is 13.2 Å². The number of alkyl halides is 3. The van der Waals surface area contributed by atoms with Crippen molar-refractivity contribution < 1.29 is 17.9 Å². The van der Waals surface area contributed by atoms with Gasteiger partial charge in [0, 0.05) is 6.07 Å². The lowest BCUT2D eigenvalue weighted by Crippen LogP contribution is -2.26. The standard InChI is InChI=1S/C14H15F3N4O/c15-14(16,17)13-19-18-11-3-4-12(20-21(11)13)22-10-6-8-1-2-9(5-8)7-10/h3-4,8-10H,1-2,5-7H2/t8-,9+,10?. The van der Waals surface area contributed by atoms with E-state index in [4.69, 9.17) is 4.74 Å². The van der Waals surface area contributed by atoms with Crippen molar-refractivity contribution in [3.8, 4) is 5.88 Å². The van der Waals surface area contributed by atoms with Crippen LogP contribution < -0.4 is 4.74 Å². The van der Waals surface area contributed by atoms with Crippen LogP contribution in [0.1, 0.15) is 37.9 Å². The Morgan fingerprint density at radius 3 is 2.45 bits per heavy atom. The molecule has 2 aromatic heterocycles. The Kier molecular flexibility index (Phi) is 3.02. The summed E-state index contributed by atoms with van der Waals surface area (Å²) in [5, 5.41) is 10.6. The van der Waals surface area contributed by atoms with Gasteiger partial charge in [-0.1, -0.05) is 12.8 Å². The van der Waals surface area contributed by atoms with Gasteiger partial charge in [-0.25, -0.2) is 0 Å². The van der Waals surface area contributed by atoms with E-state index in [2.05, 4.69) is 15.3 Å². The number of aromatic nitrogens is 4. The smallest absolute Gasteiger partial charge is 0.453 e. The lowest BCUT2D eigenvalue weighted by Gasteiger charge is -2.27. The van der Waals surface area contributed by atoms with Crippen LogP contribution in [0.2, 0.25) is 0 Å². The SMILES string of the molecule is FC(F)(F)c1nnc2ccc(OC3C[C@H]4CC[C@@H](C3)C4)nn12. The van der Waals surface area contributed by atoms with Crippen LogP contribution in [-0.2, 0) is 6.18 Å². The Bertz CT molecular complexity index is 687. The number of hydrogen-bond donors (Lipinski definition) is 0. The van der Waals surface area contributed by atoms with Gasteiger partial charge in [0.05, 0.1) is 0 Å². The summed E-state index contributed by atoms with van der Waals surface area (Å²) < 4.78 is 45.1. The average Bonchev–Trinajstić information content (AvgIpc) is 3.01. The number of hydrogen-bond acceptors (Lipinski definition) is 4. The van der Waals surface area contributed by atoms with Gasteiger partial charge in [0.1, 0.15) is 6.10 Å². The number of rotatable bonds is 2. The van der Waals surface area contributed by atoms with Crippen molar-refractivity contribution in [1.82, 2.24) is 19.8 Å². The average molecular weight is 312 g/mol. The molecule has 2 aliphatic carbocycles. The summed E-state index contributed by atoms with van der Waals surface area (Å²) in [6.45, 7) is 0. The highest BCUT2D eigenvalue weighted by Gasteiger charge is 2.38. The van der Waals surface area contributed by atoms with Crippen LogP contribution in [0.25, 0.3) is 5.65 Å². The molecule has 2 aromatic rings. The van der Waals surface area contributed by atoms with Gasteiger partial charge in [0.25, 0.3) is 5.82 Å². The Morgan fingerprint density at radius 2 is 1.77 bits per heavy atom. The molecule has 0 radical (unpaired) electrons. The number of halogens is 3. The van der Waals surface area contributed by atoms with Crippen molar-refractivity contribution in [2.75, 3.05) is 0 Å². The summed E-state index contributed by atoms with van der Waals surface area (Å²) in [7, 11) is 0. The summed E-state index contributed by atoms with van der Waals surface area (Å²) >= 11 is 0. The van der Waals surface area contributed by atoms with E-state index < -0.39 is 12.0 Å². The van der Waals surface area contributed by atoms with E-state index >= 15 is 0 Å². The van der Waals surface area contributed by atoms with Crippen molar-refractivity contribution in [2.24, 2.45) is 11.8 Å². The highest BCUT2D eigenvalue weighted by Crippen LogP contribution is 2.43. The molecule has 2 bridgehead atoms. The second-order valence-electron chi connectivity index (χ2n) is 6.22. The predicted molar refractivity (Wildman–Crippen MR) is 70.3 cm³/mol. The monoisotopic (exact) mass is 312 g/mol. The van der Waals surface area contributed by atoms with Gasteiger partial charge in [-0.3, -0.25) is 0 Å². The minimum Gasteiger partial charge on any atom is -0.473 e. The van der Waals surface area contributed by atoms with E-state index in [9.17, 15) is 13.2 Å². The fourth-order valence-electron chi connectivity index (χ4n) is 3.73. The maximum atomic E-state index is 12.8. The Balaban J connectivity index is 1.59. The largest absolute Gasteiger partial charge is 0.473 e. The van der Waals surface area contributed by atoms with Crippen LogP contribution >= 0.6 is 0 Å². The normalized spacial score (nSPS) is 28.2. The van der Waals surface area contributed by atoms with Gasteiger partial charge >= 0.3 is 6.18 Å². The molecule has 1 unspecified atom stereocenters. The van der Waals surface area contributed by atoms with Gasteiger partial charge in [-0.2, -0.15) is 17.7 Å². The topological polar surface area (TPSA) is 52.3 Å². The molecule has 0 aliphatic heterocycles. The van der Waals surface area contributed by atoms with Gasteiger partial charge in [-0.05, 0) is 37.2 Å². The van der Waals surface area contributed by atoms with Gasteiger partial charge < -0.3 is 4.74 Å². The molecule has 2 heterocycles. The predicted octanol–water partition coefficient (Wildman–Crippen LogP) is 3.10. The molecule has 2 aliphatic rings. The molecule has 0 aromatic carbocycles. The third-order valence-corrected chi connectivity index (χ3v) is 4.62. The first-order valence-electron chi connectivity index (χ1n) is 7.45. The van der Waals surface area contributed by atoms with Gasteiger partial charge in [0.2, 0.25) is 5.88 Å². The zero-order valence-electron chi connectivity index (χ0n) is 11.8. The lowest BCUT2D eigenvalue weighted by molar-refractivity contribution is -0.146. The summed E-state index contributed by atoms with van der Waals surface area (Å²) in [6, 6.07) is 3.00. The van der Waals surface area contributed by atoms with E-state index in [1.54, 1.807) is 6.07 Å². The number of fused-ring (bicyclic) bond motifs is 3. The first-order chi connectivity index (χ1) is 10.5. The van der Waals surface area contributed by atoms with Gasteiger partial charge in [0.15, 0.2) is 5.65 Å². The van der Waals surface area contributed by atoms with Crippen LogP contribution in [0, 0.1) is 11.8 Å². The zero-order chi connectivity index (χ0) is 15.3. The van der Waals surface area contributed by atoms with E-state index in [1.807, 2.05) is 0 Å². The molecule has 5 nitrogen and oxygen atoms in total. The molecule has 4 rings (SSSR count). The Labute approximate surface area is 124 Å². The molecule has 2 saturated carbocycles. The van der Waals surface area contributed by atoms with E-state index in [1.165, 1.54) is 25.3 Å². The van der Waals surface area contributed by atoms with Crippen molar-refractivity contribution in [3.63, 3.8) is 0 Å². The van der Waals surface area contributed by atoms with E-state index in [0.717, 1.165) is 12.8 Å². The summed E-state index contributed by atoms with van der Waals surface area (Å²) in [6.07, 6.45) is 1.11. The fourth-order valence-corrected chi connectivity index (χ4v) is 3.73. The fraction of sp³-hybridized carbons (Fsp3) is 0.643. The van der Waals surface area contributed by atoms with Gasteiger partial charge in [-0.15, -0.1) is 15.3 Å². The molecule has 3 atom stereocenters. The lowest BCUT2D eigenvalue weighted by atomic mass is 9.87.